The zero-order valence-electron chi connectivity index (χ0n) is 12.9. The third-order valence-corrected chi connectivity index (χ3v) is 5.38. The molecule has 4 rings (SSSR count). The van der Waals surface area contributed by atoms with E-state index in [1.165, 1.54) is 11.3 Å². The number of fused-ring (bicyclic) bond motifs is 3. The van der Waals surface area contributed by atoms with Gasteiger partial charge < -0.3 is 14.8 Å². The Morgan fingerprint density at radius 1 is 1.21 bits per heavy atom. The monoisotopic (exact) mass is 359 g/mol. The first-order chi connectivity index (χ1) is 11.7. The first-order valence-electron chi connectivity index (χ1n) is 7.08. The highest BCUT2D eigenvalue weighted by Crippen LogP contribution is 2.31. The minimum atomic E-state index is -0.172. The lowest BCUT2D eigenvalue weighted by Gasteiger charge is -2.10. The Balaban J connectivity index is 1.62. The molecule has 0 bridgehead atoms. The number of imidazole rings is 1. The van der Waals surface area contributed by atoms with Crippen LogP contribution in [0.25, 0.3) is 15.3 Å². The van der Waals surface area contributed by atoms with Gasteiger partial charge in [0.05, 0.1) is 24.6 Å². The first kappa shape index (κ1) is 15.0. The summed E-state index contributed by atoms with van der Waals surface area (Å²) >= 11 is 2.95. The van der Waals surface area contributed by atoms with Crippen molar-refractivity contribution >= 4 is 49.6 Å². The van der Waals surface area contributed by atoms with Gasteiger partial charge in [-0.05, 0) is 18.2 Å². The number of thiophene rings is 1. The van der Waals surface area contributed by atoms with Crippen molar-refractivity contribution in [3.63, 3.8) is 0 Å². The molecule has 1 N–H and O–H groups in total. The van der Waals surface area contributed by atoms with Crippen LogP contribution >= 0.6 is 22.7 Å². The molecule has 0 radical (unpaired) electrons. The summed E-state index contributed by atoms with van der Waals surface area (Å²) in [5.74, 6) is 1.01. The van der Waals surface area contributed by atoms with Gasteiger partial charge in [-0.1, -0.05) is 0 Å². The van der Waals surface area contributed by atoms with Gasteiger partial charge in [0, 0.05) is 23.3 Å². The van der Waals surface area contributed by atoms with Crippen molar-refractivity contribution in [2.75, 3.05) is 19.5 Å². The minimum absolute atomic E-state index is 0.172. The van der Waals surface area contributed by atoms with Crippen LogP contribution in [0.5, 0.6) is 11.5 Å². The highest BCUT2D eigenvalue weighted by atomic mass is 32.1. The van der Waals surface area contributed by atoms with E-state index in [0.717, 1.165) is 15.3 Å². The number of amides is 1. The number of benzene rings is 1. The number of rotatable bonds is 4. The number of anilines is 1. The Kier molecular flexibility index (Phi) is 3.62. The number of carbonyl (C=O) groups is 1. The van der Waals surface area contributed by atoms with E-state index in [4.69, 9.17) is 9.47 Å². The number of carbonyl (C=O) groups excluding carboxylic acids is 1. The number of ether oxygens (including phenoxy) is 2. The fraction of sp³-hybridized carbons (Fsp3) is 0.125. The molecule has 0 aliphatic rings. The number of hydrogen-bond donors (Lipinski definition) is 1. The average Bonchev–Trinajstić information content (AvgIpc) is 3.26. The summed E-state index contributed by atoms with van der Waals surface area (Å²) in [4.78, 5) is 19.4. The zero-order chi connectivity index (χ0) is 16.7. The standard InChI is InChI=1S/C16H13N3O3S2/c1-21-11-4-3-9(7-12(11)22-2)17-14(20)13-8-10-15(24-13)18-16-19(10)5-6-23-16/h3-8H,1-2H3,(H,17,20). The maximum Gasteiger partial charge on any atom is 0.265 e. The van der Waals surface area contributed by atoms with Gasteiger partial charge in [-0.15, -0.1) is 22.7 Å². The second-order valence-electron chi connectivity index (χ2n) is 4.99. The van der Waals surface area contributed by atoms with E-state index in [2.05, 4.69) is 10.3 Å². The third kappa shape index (κ3) is 2.40. The summed E-state index contributed by atoms with van der Waals surface area (Å²) in [6.07, 6.45) is 1.96. The normalized spacial score (nSPS) is 11.1. The van der Waals surface area contributed by atoms with Crippen LogP contribution in [0.1, 0.15) is 9.67 Å². The molecule has 6 nitrogen and oxygen atoms in total. The molecular weight excluding hydrogens is 346 g/mol. The molecule has 8 heteroatoms. The van der Waals surface area contributed by atoms with Crippen molar-refractivity contribution in [3.05, 3.63) is 40.7 Å². The van der Waals surface area contributed by atoms with E-state index in [1.54, 1.807) is 43.8 Å². The summed E-state index contributed by atoms with van der Waals surface area (Å²) in [6.45, 7) is 0. The molecule has 0 fully saturated rings. The Morgan fingerprint density at radius 2 is 2.04 bits per heavy atom. The van der Waals surface area contributed by atoms with E-state index in [0.29, 0.717) is 22.1 Å². The highest BCUT2D eigenvalue weighted by molar-refractivity contribution is 7.21. The average molecular weight is 359 g/mol. The number of hydrogen-bond acceptors (Lipinski definition) is 6. The highest BCUT2D eigenvalue weighted by Gasteiger charge is 2.16. The van der Waals surface area contributed by atoms with Gasteiger partial charge in [0.25, 0.3) is 5.91 Å². The lowest BCUT2D eigenvalue weighted by molar-refractivity contribution is 0.103. The summed E-state index contributed by atoms with van der Waals surface area (Å²) in [5.41, 5.74) is 1.60. The second-order valence-corrected chi connectivity index (χ2v) is 6.90. The topological polar surface area (TPSA) is 64.9 Å². The van der Waals surface area contributed by atoms with Gasteiger partial charge in [0.1, 0.15) is 4.83 Å². The molecule has 122 valence electrons. The van der Waals surface area contributed by atoms with Crippen LogP contribution in [0.4, 0.5) is 5.69 Å². The fourth-order valence-electron chi connectivity index (χ4n) is 2.47. The fourth-order valence-corrected chi connectivity index (χ4v) is 4.16. The SMILES string of the molecule is COc1ccc(NC(=O)c2cc3c(nc4sccn43)s2)cc1OC. The van der Waals surface area contributed by atoms with Crippen LogP contribution in [-0.4, -0.2) is 29.5 Å². The smallest absolute Gasteiger partial charge is 0.265 e. The van der Waals surface area contributed by atoms with Gasteiger partial charge in [-0.2, -0.15) is 0 Å². The zero-order valence-corrected chi connectivity index (χ0v) is 14.5. The molecule has 0 unspecified atom stereocenters. The van der Waals surface area contributed by atoms with Gasteiger partial charge in [0.15, 0.2) is 16.5 Å². The molecule has 1 amide bonds. The Hall–Kier alpha value is -2.58. The van der Waals surface area contributed by atoms with E-state index in [1.807, 2.05) is 22.0 Å². The summed E-state index contributed by atoms with van der Waals surface area (Å²) in [6, 6.07) is 7.12. The molecule has 1 aromatic carbocycles. The van der Waals surface area contributed by atoms with Gasteiger partial charge in [-0.25, -0.2) is 4.98 Å². The van der Waals surface area contributed by atoms with Crippen molar-refractivity contribution in [1.82, 2.24) is 9.38 Å². The van der Waals surface area contributed by atoms with Crippen LogP contribution in [0.2, 0.25) is 0 Å². The Labute approximate surface area is 145 Å². The van der Waals surface area contributed by atoms with Crippen molar-refractivity contribution in [3.8, 4) is 11.5 Å². The first-order valence-corrected chi connectivity index (χ1v) is 8.77. The largest absolute Gasteiger partial charge is 0.493 e. The third-order valence-electron chi connectivity index (χ3n) is 3.60. The molecule has 0 aliphatic heterocycles. The number of aromatic nitrogens is 2. The molecule has 3 heterocycles. The minimum Gasteiger partial charge on any atom is -0.493 e. The van der Waals surface area contributed by atoms with Crippen LogP contribution in [0, 0.1) is 0 Å². The summed E-state index contributed by atoms with van der Waals surface area (Å²) < 4.78 is 12.4. The molecule has 0 atom stereocenters. The van der Waals surface area contributed by atoms with Crippen LogP contribution in [-0.2, 0) is 0 Å². The van der Waals surface area contributed by atoms with Gasteiger partial charge in [-0.3, -0.25) is 9.20 Å². The number of nitrogens with zero attached hydrogens (tertiary/aromatic N) is 2. The Bertz CT molecular complexity index is 1050. The molecule has 0 saturated heterocycles. The summed E-state index contributed by atoms with van der Waals surface area (Å²) in [5, 5.41) is 4.85. The van der Waals surface area contributed by atoms with Gasteiger partial charge >= 0.3 is 0 Å². The molecule has 0 aliphatic carbocycles. The van der Waals surface area contributed by atoms with Crippen LogP contribution in [0.3, 0.4) is 0 Å². The number of thiazole rings is 1. The molecule has 3 aromatic heterocycles. The van der Waals surface area contributed by atoms with Crippen molar-refractivity contribution in [2.24, 2.45) is 0 Å². The number of methoxy groups -OCH3 is 2. The predicted molar refractivity (Wildman–Crippen MR) is 96.0 cm³/mol. The van der Waals surface area contributed by atoms with Crippen molar-refractivity contribution in [1.29, 1.82) is 0 Å². The summed E-state index contributed by atoms with van der Waals surface area (Å²) in [7, 11) is 3.13. The van der Waals surface area contributed by atoms with E-state index in [-0.39, 0.29) is 5.91 Å². The molecule has 0 spiro atoms. The molecule has 4 aromatic rings. The molecule has 0 saturated carbocycles. The maximum atomic E-state index is 12.5. The maximum absolute atomic E-state index is 12.5. The number of nitrogens with one attached hydrogen (secondary N) is 1. The predicted octanol–water partition coefficient (Wildman–Crippen LogP) is 3.88. The van der Waals surface area contributed by atoms with E-state index >= 15 is 0 Å². The quantitative estimate of drug-likeness (QED) is 0.600. The van der Waals surface area contributed by atoms with Gasteiger partial charge in [0.2, 0.25) is 0 Å². The van der Waals surface area contributed by atoms with E-state index in [9.17, 15) is 4.79 Å². The Morgan fingerprint density at radius 3 is 2.83 bits per heavy atom. The van der Waals surface area contributed by atoms with Crippen molar-refractivity contribution in [2.45, 2.75) is 0 Å². The lowest BCUT2D eigenvalue weighted by atomic mass is 10.2. The van der Waals surface area contributed by atoms with Crippen LogP contribution in [0.15, 0.2) is 35.8 Å². The van der Waals surface area contributed by atoms with Crippen LogP contribution < -0.4 is 14.8 Å². The molecule has 24 heavy (non-hydrogen) atoms. The second kappa shape index (κ2) is 5.81. The van der Waals surface area contributed by atoms with E-state index < -0.39 is 0 Å². The van der Waals surface area contributed by atoms with Crippen molar-refractivity contribution < 1.29 is 14.3 Å². The molecular formula is C16H13N3O3S2. The lowest BCUT2D eigenvalue weighted by Crippen LogP contribution is -2.10.